The summed E-state index contributed by atoms with van der Waals surface area (Å²) in [6.45, 7) is 5.53. The van der Waals surface area contributed by atoms with Gasteiger partial charge in [0.15, 0.2) is 0 Å². The van der Waals surface area contributed by atoms with E-state index in [0.29, 0.717) is 28.2 Å². The summed E-state index contributed by atoms with van der Waals surface area (Å²) in [5.74, 6) is 0.567. The number of anilines is 3. The summed E-state index contributed by atoms with van der Waals surface area (Å²) in [5, 5.41) is 6.39. The van der Waals surface area contributed by atoms with E-state index in [1.165, 1.54) is 18.4 Å². The van der Waals surface area contributed by atoms with E-state index in [2.05, 4.69) is 39.3 Å². The number of hydrogen-bond donors (Lipinski definition) is 3. The first-order valence-electron chi connectivity index (χ1n) is 12.6. The van der Waals surface area contributed by atoms with Crippen LogP contribution in [0.5, 0.6) is 0 Å². The summed E-state index contributed by atoms with van der Waals surface area (Å²) in [5.41, 5.74) is 5.79. The largest absolute Gasteiger partial charge is 0.354 e. The highest BCUT2D eigenvalue weighted by atomic mass is 32.2. The number of fused-ring (bicyclic) bond motifs is 1. The minimum absolute atomic E-state index is 0.242. The molecule has 2 aliphatic rings. The van der Waals surface area contributed by atoms with E-state index in [-0.39, 0.29) is 5.91 Å². The number of rotatable bonds is 7. The van der Waals surface area contributed by atoms with Crippen LogP contribution in [0.4, 0.5) is 17.1 Å². The van der Waals surface area contributed by atoms with E-state index in [4.69, 9.17) is 0 Å². The van der Waals surface area contributed by atoms with Gasteiger partial charge in [0, 0.05) is 29.2 Å². The maximum absolute atomic E-state index is 13.2. The highest BCUT2D eigenvalue weighted by molar-refractivity contribution is 7.92. The third-order valence-electron chi connectivity index (χ3n) is 6.89. The van der Waals surface area contributed by atoms with Gasteiger partial charge in [-0.2, -0.15) is 0 Å². The van der Waals surface area contributed by atoms with Crippen LogP contribution in [0, 0.1) is 5.92 Å². The van der Waals surface area contributed by atoms with Crippen LogP contribution in [-0.2, 0) is 21.4 Å². The third kappa shape index (κ3) is 6.03. The molecule has 0 unspecified atom stereocenters. The fourth-order valence-electron chi connectivity index (χ4n) is 4.89. The summed E-state index contributed by atoms with van der Waals surface area (Å²) in [6.07, 6.45) is 3.60. The lowest BCUT2D eigenvalue weighted by atomic mass is 9.98. The lowest BCUT2D eigenvalue weighted by Gasteiger charge is -2.30. The predicted molar refractivity (Wildman–Crippen MR) is 151 cm³/mol. The van der Waals surface area contributed by atoms with Gasteiger partial charge < -0.3 is 10.6 Å². The van der Waals surface area contributed by atoms with Crippen LogP contribution in [0.25, 0.3) is 11.3 Å². The number of nitrogens with zero attached hydrogens (tertiary/aromatic N) is 1. The van der Waals surface area contributed by atoms with E-state index in [0.717, 1.165) is 43.1 Å². The Morgan fingerprint density at radius 2 is 1.65 bits per heavy atom. The van der Waals surface area contributed by atoms with Crippen molar-refractivity contribution in [2.75, 3.05) is 34.7 Å². The molecule has 7 nitrogen and oxygen atoms in total. The molecule has 5 rings (SSSR count). The molecule has 3 aromatic carbocycles. The van der Waals surface area contributed by atoms with Gasteiger partial charge in [-0.1, -0.05) is 49.4 Å². The van der Waals surface area contributed by atoms with Gasteiger partial charge in [-0.15, -0.1) is 0 Å². The van der Waals surface area contributed by atoms with Gasteiger partial charge in [-0.3, -0.25) is 14.4 Å². The van der Waals surface area contributed by atoms with Crippen molar-refractivity contribution >= 4 is 44.3 Å². The summed E-state index contributed by atoms with van der Waals surface area (Å²) in [7, 11) is -3.45. The van der Waals surface area contributed by atoms with Crippen LogP contribution in [0.1, 0.15) is 36.5 Å². The molecule has 0 atom stereocenters. The van der Waals surface area contributed by atoms with Crippen molar-refractivity contribution < 1.29 is 13.2 Å². The zero-order valence-corrected chi connectivity index (χ0v) is 21.9. The van der Waals surface area contributed by atoms with Crippen LogP contribution < -0.4 is 15.4 Å². The Morgan fingerprint density at radius 1 is 0.973 bits per heavy atom. The number of likely N-dealkylation sites (tertiary alicyclic amines) is 1. The summed E-state index contributed by atoms with van der Waals surface area (Å²) >= 11 is 0. The number of nitrogens with one attached hydrogen (secondary N) is 3. The van der Waals surface area contributed by atoms with Crippen LogP contribution in [-0.4, -0.2) is 38.6 Å². The molecule has 0 radical (unpaired) electrons. The Hall–Kier alpha value is -3.62. The normalized spacial score (nSPS) is 17.7. The fourth-order valence-corrected chi connectivity index (χ4v) is 5.45. The smallest absolute Gasteiger partial charge is 0.258 e. The summed E-state index contributed by atoms with van der Waals surface area (Å²) in [6, 6.07) is 23.1. The van der Waals surface area contributed by atoms with Gasteiger partial charge in [0.2, 0.25) is 10.0 Å². The molecule has 3 N–H and O–H groups in total. The number of carbonyl (C=O) groups is 1. The van der Waals surface area contributed by atoms with E-state index < -0.39 is 10.0 Å². The molecular weight excluding hydrogens is 484 g/mol. The second-order valence-corrected chi connectivity index (χ2v) is 11.7. The molecule has 0 spiro atoms. The number of sulfonamides is 1. The third-order valence-corrected chi connectivity index (χ3v) is 7.49. The number of benzene rings is 3. The molecule has 0 aliphatic carbocycles. The second kappa shape index (κ2) is 10.4. The SMILES string of the molecule is CC1CCN(Cc2ccc(NC(=C3C(=O)Nc4ccc(NS(C)(=O)=O)cc43)c3ccccc3)cc2)CC1. The molecule has 2 heterocycles. The number of carbonyl (C=O) groups excluding carboxylic acids is 1. The van der Waals surface area contributed by atoms with E-state index in [1.807, 2.05) is 42.5 Å². The maximum atomic E-state index is 13.2. The van der Waals surface area contributed by atoms with Gasteiger partial charge in [0.05, 0.1) is 17.5 Å². The average molecular weight is 517 g/mol. The molecule has 1 amide bonds. The maximum Gasteiger partial charge on any atom is 0.258 e. The topological polar surface area (TPSA) is 90.5 Å². The molecule has 8 heteroatoms. The van der Waals surface area contributed by atoms with Gasteiger partial charge >= 0.3 is 0 Å². The monoisotopic (exact) mass is 516 g/mol. The van der Waals surface area contributed by atoms with Crippen LogP contribution >= 0.6 is 0 Å². The predicted octanol–water partition coefficient (Wildman–Crippen LogP) is 5.22. The molecule has 37 heavy (non-hydrogen) atoms. The van der Waals surface area contributed by atoms with Crippen molar-refractivity contribution in [3.8, 4) is 0 Å². The first kappa shape index (κ1) is 25.0. The van der Waals surface area contributed by atoms with Crippen LogP contribution in [0.15, 0.2) is 72.8 Å². The van der Waals surface area contributed by atoms with Crippen molar-refractivity contribution in [1.29, 1.82) is 0 Å². The molecule has 3 aromatic rings. The molecule has 2 aliphatic heterocycles. The minimum atomic E-state index is -3.45. The number of hydrogen-bond acceptors (Lipinski definition) is 5. The van der Waals surface area contributed by atoms with Crippen LogP contribution in [0.3, 0.4) is 0 Å². The Balaban J connectivity index is 1.47. The van der Waals surface area contributed by atoms with Crippen molar-refractivity contribution in [3.05, 3.63) is 89.5 Å². The van der Waals surface area contributed by atoms with E-state index in [1.54, 1.807) is 18.2 Å². The van der Waals surface area contributed by atoms with Crippen LogP contribution in [0.2, 0.25) is 0 Å². The first-order valence-corrected chi connectivity index (χ1v) is 14.5. The average Bonchev–Trinajstić information content (AvgIpc) is 3.19. The standard InChI is InChI=1S/C29H32N4O3S/c1-20-14-16-33(17-15-20)19-21-8-10-23(11-9-21)30-28(22-6-4-3-5-7-22)27-25-18-24(32-37(2,35)36)12-13-26(25)31-29(27)34/h3-13,18,20,30,32H,14-17,19H2,1-2H3,(H,31,34). The highest BCUT2D eigenvalue weighted by Crippen LogP contribution is 2.39. The van der Waals surface area contributed by atoms with Crippen molar-refractivity contribution in [2.24, 2.45) is 5.92 Å². The summed E-state index contributed by atoms with van der Waals surface area (Å²) < 4.78 is 26.1. The molecule has 0 aromatic heterocycles. The zero-order chi connectivity index (χ0) is 26.0. The molecule has 1 saturated heterocycles. The lowest BCUT2D eigenvalue weighted by molar-refractivity contribution is -0.110. The summed E-state index contributed by atoms with van der Waals surface area (Å²) in [4.78, 5) is 15.7. The molecule has 192 valence electrons. The highest BCUT2D eigenvalue weighted by Gasteiger charge is 2.29. The Kier molecular flexibility index (Phi) is 7.04. The first-order chi connectivity index (χ1) is 17.7. The van der Waals surface area contributed by atoms with Crippen molar-refractivity contribution in [3.63, 3.8) is 0 Å². The number of amides is 1. The van der Waals surface area contributed by atoms with Gasteiger partial charge in [-0.25, -0.2) is 8.42 Å². The quantitative estimate of drug-likeness (QED) is 0.375. The molecule has 1 fully saturated rings. The zero-order valence-electron chi connectivity index (χ0n) is 21.1. The van der Waals surface area contributed by atoms with E-state index in [9.17, 15) is 13.2 Å². The van der Waals surface area contributed by atoms with Crippen molar-refractivity contribution in [2.45, 2.75) is 26.3 Å². The number of piperidine rings is 1. The fraction of sp³-hybridized carbons (Fsp3) is 0.276. The Bertz CT molecular complexity index is 1430. The lowest BCUT2D eigenvalue weighted by Crippen LogP contribution is -2.32. The van der Waals surface area contributed by atoms with Gasteiger partial charge in [0.25, 0.3) is 5.91 Å². The van der Waals surface area contributed by atoms with Gasteiger partial charge in [0.1, 0.15) is 0 Å². The second-order valence-electron chi connectivity index (χ2n) is 9.99. The molecular formula is C29H32N4O3S. The van der Waals surface area contributed by atoms with Gasteiger partial charge in [-0.05, 0) is 73.3 Å². The van der Waals surface area contributed by atoms with E-state index >= 15 is 0 Å². The Morgan fingerprint density at radius 3 is 2.32 bits per heavy atom. The van der Waals surface area contributed by atoms with Crippen molar-refractivity contribution in [1.82, 2.24) is 4.90 Å². The minimum Gasteiger partial charge on any atom is -0.354 e. The molecule has 0 saturated carbocycles. The molecule has 0 bridgehead atoms. The Labute approximate surface area is 218 Å².